The standard InChI is InChI=1S/C23H32ClN5O2.C2H6/c1-4-17(2)26-21(18(3)30)16-29-22-14-19(15-24)6-7-20(22)27-23(29)25-8-5-9-28-10-12-31-13-11-28;1-2/h4,6-7,14,30H,3,5,8-13,15-16H2,1-2H3,(H,25,27);1-2H3/b17-4-,26-21?;. The van der Waals surface area contributed by atoms with Gasteiger partial charge in [0.2, 0.25) is 5.95 Å². The van der Waals surface area contributed by atoms with Gasteiger partial charge in [-0.15, -0.1) is 11.6 Å². The van der Waals surface area contributed by atoms with Gasteiger partial charge >= 0.3 is 0 Å². The predicted molar refractivity (Wildman–Crippen MR) is 140 cm³/mol. The number of rotatable bonds is 10. The number of imidazole rings is 1. The summed E-state index contributed by atoms with van der Waals surface area (Å²) in [7, 11) is 0. The molecule has 0 unspecified atom stereocenters. The fraction of sp³-hybridized carbons (Fsp3) is 0.520. The van der Waals surface area contributed by atoms with Gasteiger partial charge in [-0.3, -0.25) is 9.89 Å². The molecule has 0 amide bonds. The number of allylic oxidation sites excluding steroid dienone is 3. The Morgan fingerprint density at radius 2 is 2.06 bits per heavy atom. The normalized spacial score (nSPS) is 15.3. The molecule has 0 spiro atoms. The SMILES string of the molecule is C=C(O)C(Cn1c(NCCCN2CCOCC2)nc2ccc(CCl)cc21)=N/C(C)=C\C.CC. The molecular weight excluding hydrogens is 438 g/mol. The predicted octanol–water partition coefficient (Wildman–Crippen LogP) is 5.37. The van der Waals surface area contributed by atoms with Crippen molar-refractivity contribution in [1.29, 1.82) is 0 Å². The quantitative estimate of drug-likeness (QED) is 0.209. The van der Waals surface area contributed by atoms with Crippen LogP contribution in [0.3, 0.4) is 0 Å². The fourth-order valence-electron chi connectivity index (χ4n) is 3.49. The Morgan fingerprint density at radius 3 is 2.70 bits per heavy atom. The summed E-state index contributed by atoms with van der Waals surface area (Å²) in [6.07, 6.45) is 2.90. The van der Waals surface area contributed by atoms with Crippen molar-refractivity contribution in [1.82, 2.24) is 14.5 Å². The maximum atomic E-state index is 10.1. The minimum absolute atomic E-state index is 0.0465. The van der Waals surface area contributed by atoms with Crippen molar-refractivity contribution in [2.24, 2.45) is 4.99 Å². The number of halogens is 1. The van der Waals surface area contributed by atoms with Crippen LogP contribution >= 0.6 is 11.6 Å². The summed E-state index contributed by atoms with van der Waals surface area (Å²) in [6, 6.07) is 6.00. The molecule has 2 aromatic rings. The van der Waals surface area contributed by atoms with E-state index in [2.05, 4.69) is 21.8 Å². The van der Waals surface area contributed by atoms with Crippen molar-refractivity contribution >= 4 is 34.3 Å². The average molecular weight is 476 g/mol. The molecule has 2 N–H and O–H groups in total. The Labute approximate surface area is 202 Å². The number of hydrogen-bond donors (Lipinski definition) is 2. The van der Waals surface area contributed by atoms with Gasteiger partial charge in [-0.25, -0.2) is 4.98 Å². The highest BCUT2D eigenvalue weighted by atomic mass is 35.5. The van der Waals surface area contributed by atoms with Crippen LogP contribution < -0.4 is 5.32 Å². The van der Waals surface area contributed by atoms with E-state index in [1.807, 2.05) is 56.5 Å². The van der Waals surface area contributed by atoms with E-state index in [-0.39, 0.29) is 5.76 Å². The highest BCUT2D eigenvalue weighted by Gasteiger charge is 2.15. The van der Waals surface area contributed by atoms with Gasteiger partial charge in [-0.05, 0) is 44.5 Å². The highest BCUT2D eigenvalue weighted by molar-refractivity contribution is 6.17. The molecule has 33 heavy (non-hydrogen) atoms. The number of fused-ring (bicyclic) bond motifs is 1. The molecule has 1 fully saturated rings. The number of aliphatic hydroxyl groups is 1. The molecule has 182 valence electrons. The second-order valence-corrected chi connectivity index (χ2v) is 7.92. The zero-order valence-electron chi connectivity index (χ0n) is 20.4. The molecule has 0 atom stereocenters. The number of benzene rings is 1. The maximum Gasteiger partial charge on any atom is 0.204 e. The van der Waals surface area contributed by atoms with Crippen LogP contribution in [0.25, 0.3) is 11.0 Å². The molecule has 0 saturated carbocycles. The second-order valence-electron chi connectivity index (χ2n) is 7.65. The van der Waals surface area contributed by atoms with Crippen molar-refractivity contribution in [2.45, 2.75) is 46.5 Å². The van der Waals surface area contributed by atoms with Crippen LogP contribution in [0.5, 0.6) is 0 Å². The monoisotopic (exact) mass is 475 g/mol. The van der Waals surface area contributed by atoms with E-state index in [4.69, 9.17) is 21.3 Å². The first-order valence-electron chi connectivity index (χ1n) is 11.7. The summed E-state index contributed by atoms with van der Waals surface area (Å²) in [5.41, 5.74) is 4.15. The summed E-state index contributed by atoms with van der Waals surface area (Å²) in [4.78, 5) is 11.7. The molecule has 0 bridgehead atoms. The summed E-state index contributed by atoms with van der Waals surface area (Å²) in [6.45, 7) is 17.3. The van der Waals surface area contributed by atoms with Crippen molar-refractivity contribution in [3.8, 4) is 0 Å². The summed E-state index contributed by atoms with van der Waals surface area (Å²) >= 11 is 6.06. The molecule has 3 rings (SSSR count). The second kappa shape index (κ2) is 14.0. The molecule has 0 aliphatic carbocycles. The van der Waals surface area contributed by atoms with E-state index >= 15 is 0 Å². The van der Waals surface area contributed by atoms with Crippen molar-refractivity contribution in [2.75, 3.05) is 44.7 Å². The van der Waals surface area contributed by atoms with Crippen LogP contribution in [-0.2, 0) is 17.2 Å². The Balaban J connectivity index is 0.00000187. The Hall–Kier alpha value is -2.35. The maximum absolute atomic E-state index is 10.1. The molecule has 1 aliphatic heterocycles. The molecule has 7 nitrogen and oxygen atoms in total. The minimum atomic E-state index is -0.0465. The first-order chi connectivity index (χ1) is 16.0. The number of nitrogens with one attached hydrogen (secondary N) is 1. The smallest absolute Gasteiger partial charge is 0.204 e. The summed E-state index contributed by atoms with van der Waals surface area (Å²) in [5, 5.41) is 13.6. The lowest BCUT2D eigenvalue weighted by Crippen LogP contribution is -2.37. The lowest BCUT2D eigenvalue weighted by molar-refractivity contribution is 0.0378. The number of morpholine rings is 1. The van der Waals surface area contributed by atoms with Gasteiger partial charge in [0, 0.05) is 31.2 Å². The average Bonchev–Trinajstić information content (AvgIpc) is 3.19. The van der Waals surface area contributed by atoms with Crippen LogP contribution in [0.4, 0.5) is 5.95 Å². The van der Waals surface area contributed by atoms with Gasteiger partial charge in [-0.2, -0.15) is 0 Å². The molecular formula is C25H38ClN5O2. The number of anilines is 1. The largest absolute Gasteiger partial charge is 0.507 e. The Morgan fingerprint density at radius 1 is 1.33 bits per heavy atom. The van der Waals surface area contributed by atoms with Crippen molar-refractivity contribution < 1.29 is 9.84 Å². The van der Waals surface area contributed by atoms with Crippen molar-refractivity contribution in [3.05, 3.63) is 47.9 Å². The van der Waals surface area contributed by atoms with Gasteiger partial charge in [0.15, 0.2) is 0 Å². The highest BCUT2D eigenvalue weighted by Crippen LogP contribution is 2.23. The van der Waals surface area contributed by atoms with E-state index in [1.165, 1.54) is 0 Å². The first-order valence-corrected chi connectivity index (χ1v) is 12.2. The fourth-order valence-corrected chi connectivity index (χ4v) is 3.66. The lowest BCUT2D eigenvalue weighted by atomic mass is 10.2. The first kappa shape index (κ1) is 26.9. The topological polar surface area (TPSA) is 74.9 Å². The molecule has 1 aliphatic rings. The van der Waals surface area contributed by atoms with Crippen LogP contribution in [0.15, 0.2) is 47.3 Å². The van der Waals surface area contributed by atoms with E-state index in [9.17, 15) is 5.11 Å². The van der Waals surface area contributed by atoms with Crippen LogP contribution in [0, 0.1) is 0 Å². The van der Waals surface area contributed by atoms with Gasteiger partial charge in [0.25, 0.3) is 0 Å². The van der Waals surface area contributed by atoms with E-state index in [0.29, 0.717) is 18.1 Å². The number of hydrogen-bond acceptors (Lipinski definition) is 6. The van der Waals surface area contributed by atoms with Gasteiger partial charge < -0.3 is 19.7 Å². The minimum Gasteiger partial charge on any atom is -0.507 e. The van der Waals surface area contributed by atoms with Gasteiger partial charge in [0.05, 0.1) is 30.8 Å². The van der Waals surface area contributed by atoms with Crippen molar-refractivity contribution in [3.63, 3.8) is 0 Å². The number of aliphatic hydroxyl groups excluding tert-OH is 1. The Bertz CT molecular complexity index is 961. The summed E-state index contributed by atoms with van der Waals surface area (Å²) < 4.78 is 7.44. The van der Waals surface area contributed by atoms with E-state index in [1.54, 1.807) is 0 Å². The summed E-state index contributed by atoms with van der Waals surface area (Å²) in [5.74, 6) is 1.12. The third-order valence-corrected chi connectivity index (χ3v) is 5.68. The number of aliphatic imine (C=N–C) groups is 1. The zero-order chi connectivity index (χ0) is 24.2. The zero-order valence-corrected chi connectivity index (χ0v) is 21.2. The van der Waals surface area contributed by atoms with Gasteiger partial charge in [0.1, 0.15) is 11.5 Å². The van der Waals surface area contributed by atoms with E-state index < -0.39 is 0 Å². The third kappa shape index (κ3) is 7.88. The third-order valence-electron chi connectivity index (χ3n) is 5.37. The lowest BCUT2D eigenvalue weighted by Gasteiger charge is -2.26. The number of nitrogens with zero attached hydrogens (tertiary/aromatic N) is 4. The molecule has 1 aromatic carbocycles. The van der Waals surface area contributed by atoms with Crippen LogP contribution in [-0.4, -0.2) is 64.7 Å². The molecule has 8 heteroatoms. The number of aromatic nitrogens is 2. The molecule has 1 saturated heterocycles. The molecule has 0 radical (unpaired) electrons. The van der Waals surface area contributed by atoms with Gasteiger partial charge in [-0.1, -0.05) is 32.6 Å². The van der Waals surface area contributed by atoms with E-state index in [0.717, 1.165) is 74.1 Å². The molecule has 2 heterocycles. The van der Waals surface area contributed by atoms with Crippen LogP contribution in [0.1, 0.15) is 39.7 Å². The molecule has 1 aromatic heterocycles. The Kier molecular flexibility index (Phi) is 11.4. The number of ether oxygens (including phenoxy) is 1. The van der Waals surface area contributed by atoms with Crippen LogP contribution in [0.2, 0.25) is 0 Å². The number of alkyl halides is 1.